The number of hydrogen-bond acceptors (Lipinski definition) is 2. The van der Waals surface area contributed by atoms with Crippen molar-refractivity contribution in [2.24, 2.45) is 5.73 Å². The van der Waals surface area contributed by atoms with Gasteiger partial charge in [0.25, 0.3) is 0 Å². The molecular formula is C7H8N3O. The summed E-state index contributed by atoms with van der Waals surface area (Å²) in [7, 11) is 0. The van der Waals surface area contributed by atoms with Crippen molar-refractivity contribution in [3.63, 3.8) is 0 Å². The summed E-state index contributed by atoms with van der Waals surface area (Å²) in [5.41, 5.74) is 11.3. The van der Waals surface area contributed by atoms with Gasteiger partial charge in [0, 0.05) is 11.8 Å². The third-order valence-electron chi connectivity index (χ3n) is 1.08. The van der Waals surface area contributed by atoms with Gasteiger partial charge in [-0.15, -0.1) is 0 Å². The smallest absolute Gasteiger partial charge is 0.316 e. The van der Waals surface area contributed by atoms with E-state index in [0.29, 0.717) is 11.4 Å². The van der Waals surface area contributed by atoms with Gasteiger partial charge in [-0.3, -0.25) is 0 Å². The Morgan fingerprint density at radius 3 is 2.91 bits per heavy atom. The minimum atomic E-state index is -0.619. The molecule has 1 radical (unpaired) electrons. The lowest BCUT2D eigenvalue weighted by Crippen LogP contribution is -2.19. The van der Waals surface area contributed by atoms with Gasteiger partial charge in [0.15, 0.2) is 0 Å². The fourth-order valence-electron chi connectivity index (χ4n) is 0.689. The minimum Gasteiger partial charge on any atom is -0.399 e. The molecule has 0 unspecified atom stereocenters. The van der Waals surface area contributed by atoms with Crippen LogP contribution in [0.25, 0.3) is 0 Å². The maximum Gasteiger partial charge on any atom is 0.316 e. The fraction of sp³-hybridized carbons (Fsp3) is 0. The first-order chi connectivity index (χ1) is 5.18. The highest BCUT2D eigenvalue weighted by molar-refractivity contribution is 5.88. The predicted octanol–water partition coefficient (Wildman–Crippen LogP) is 0.560. The van der Waals surface area contributed by atoms with Crippen LogP contribution in [0.4, 0.5) is 16.2 Å². The van der Waals surface area contributed by atoms with Crippen LogP contribution in [-0.4, -0.2) is 6.03 Å². The average Bonchev–Trinajstić information content (AvgIpc) is 1.85. The zero-order valence-corrected chi connectivity index (χ0v) is 5.79. The molecule has 4 heteroatoms. The number of nitrogens with one attached hydrogen (secondary N) is 1. The zero-order valence-electron chi connectivity index (χ0n) is 5.79. The van der Waals surface area contributed by atoms with Gasteiger partial charge in [0.05, 0.1) is 5.69 Å². The van der Waals surface area contributed by atoms with Crippen molar-refractivity contribution in [3.05, 3.63) is 24.3 Å². The third kappa shape index (κ3) is 2.17. The number of benzene rings is 1. The van der Waals surface area contributed by atoms with Crippen molar-refractivity contribution >= 4 is 17.4 Å². The van der Waals surface area contributed by atoms with E-state index in [1.165, 1.54) is 0 Å². The molecule has 1 aromatic rings. The summed E-state index contributed by atoms with van der Waals surface area (Å²) in [6.07, 6.45) is 0. The molecule has 0 atom stereocenters. The first kappa shape index (κ1) is 7.40. The number of primary amides is 1. The summed E-state index contributed by atoms with van der Waals surface area (Å²) in [4.78, 5) is 10.3. The molecule has 11 heavy (non-hydrogen) atoms. The Balaban J connectivity index is 2.79. The minimum absolute atomic E-state index is 0.484. The molecule has 0 aromatic heterocycles. The van der Waals surface area contributed by atoms with E-state index >= 15 is 0 Å². The largest absolute Gasteiger partial charge is 0.399 e. The molecule has 1 aromatic carbocycles. The molecule has 0 aliphatic heterocycles. The van der Waals surface area contributed by atoms with Crippen LogP contribution < -0.4 is 16.8 Å². The van der Waals surface area contributed by atoms with Gasteiger partial charge < -0.3 is 16.8 Å². The molecular weight excluding hydrogens is 142 g/mol. The number of urea groups is 1. The Morgan fingerprint density at radius 2 is 2.36 bits per heavy atom. The summed E-state index contributed by atoms with van der Waals surface area (Å²) in [5, 5.41) is 2.35. The molecule has 57 valence electrons. The van der Waals surface area contributed by atoms with E-state index in [1.807, 2.05) is 0 Å². The van der Waals surface area contributed by atoms with Crippen molar-refractivity contribution in [1.82, 2.24) is 0 Å². The van der Waals surface area contributed by atoms with E-state index in [9.17, 15) is 4.79 Å². The van der Waals surface area contributed by atoms with Crippen LogP contribution in [-0.2, 0) is 0 Å². The Labute approximate surface area is 64.2 Å². The summed E-state index contributed by atoms with van der Waals surface area (Å²) >= 11 is 0. The SMILES string of the molecule is NC(=O)Nc1[c]ccc(N)c1. The Bertz CT molecular complexity index is 272. The lowest BCUT2D eigenvalue weighted by Gasteiger charge is -2.00. The number of nitrogens with two attached hydrogens (primary N) is 2. The zero-order chi connectivity index (χ0) is 8.27. The van der Waals surface area contributed by atoms with Crippen LogP contribution >= 0.6 is 0 Å². The van der Waals surface area contributed by atoms with Gasteiger partial charge in [-0.05, 0) is 12.1 Å². The Hall–Kier alpha value is -1.71. The molecule has 0 fully saturated rings. The first-order valence-corrected chi connectivity index (χ1v) is 3.02. The van der Waals surface area contributed by atoms with Crippen LogP contribution in [0.1, 0.15) is 0 Å². The third-order valence-corrected chi connectivity index (χ3v) is 1.08. The molecule has 1 rings (SSSR count). The lowest BCUT2D eigenvalue weighted by molar-refractivity contribution is 0.259. The van der Waals surface area contributed by atoms with Gasteiger partial charge in [-0.2, -0.15) is 0 Å². The van der Waals surface area contributed by atoms with E-state index in [2.05, 4.69) is 11.4 Å². The van der Waals surface area contributed by atoms with Crippen molar-refractivity contribution in [3.8, 4) is 0 Å². The van der Waals surface area contributed by atoms with E-state index < -0.39 is 6.03 Å². The second kappa shape index (κ2) is 2.92. The molecule has 0 aliphatic carbocycles. The Kier molecular flexibility index (Phi) is 1.96. The van der Waals surface area contributed by atoms with E-state index in [-0.39, 0.29) is 0 Å². The molecule has 0 saturated carbocycles. The number of amides is 2. The normalized spacial score (nSPS) is 9.09. The molecule has 5 N–H and O–H groups in total. The van der Waals surface area contributed by atoms with Gasteiger partial charge in [-0.1, -0.05) is 6.07 Å². The van der Waals surface area contributed by atoms with Crippen LogP contribution in [0.15, 0.2) is 18.2 Å². The number of carbonyl (C=O) groups excluding carboxylic acids is 1. The average molecular weight is 150 g/mol. The molecule has 0 saturated heterocycles. The highest BCUT2D eigenvalue weighted by Crippen LogP contribution is 2.09. The molecule has 0 spiro atoms. The van der Waals surface area contributed by atoms with Crippen molar-refractivity contribution < 1.29 is 4.79 Å². The second-order valence-corrected chi connectivity index (χ2v) is 2.02. The Morgan fingerprint density at radius 1 is 1.64 bits per heavy atom. The number of nitrogen functional groups attached to an aromatic ring is 1. The van der Waals surface area contributed by atoms with Crippen molar-refractivity contribution in [1.29, 1.82) is 0 Å². The quantitative estimate of drug-likeness (QED) is 0.511. The lowest BCUT2D eigenvalue weighted by atomic mass is 10.3. The monoisotopic (exact) mass is 150 g/mol. The maximum atomic E-state index is 10.3. The van der Waals surface area contributed by atoms with Crippen LogP contribution in [0.3, 0.4) is 0 Å². The maximum absolute atomic E-state index is 10.3. The van der Waals surface area contributed by atoms with Crippen molar-refractivity contribution in [2.75, 3.05) is 11.1 Å². The fourth-order valence-corrected chi connectivity index (χ4v) is 0.689. The molecule has 0 aliphatic rings. The predicted molar refractivity (Wildman–Crippen MR) is 42.9 cm³/mol. The van der Waals surface area contributed by atoms with E-state index in [4.69, 9.17) is 11.5 Å². The van der Waals surface area contributed by atoms with Gasteiger partial charge in [-0.25, -0.2) is 4.79 Å². The number of anilines is 2. The summed E-state index contributed by atoms with van der Waals surface area (Å²) < 4.78 is 0. The van der Waals surface area contributed by atoms with Crippen LogP contribution in [0, 0.1) is 6.07 Å². The van der Waals surface area contributed by atoms with Gasteiger partial charge >= 0.3 is 6.03 Å². The summed E-state index contributed by atoms with van der Waals surface area (Å²) in [6.45, 7) is 0. The molecule has 4 nitrogen and oxygen atoms in total. The van der Waals surface area contributed by atoms with E-state index in [1.54, 1.807) is 18.2 Å². The van der Waals surface area contributed by atoms with E-state index in [0.717, 1.165) is 0 Å². The van der Waals surface area contributed by atoms with Crippen LogP contribution in [0.5, 0.6) is 0 Å². The van der Waals surface area contributed by atoms with Crippen LogP contribution in [0.2, 0.25) is 0 Å². The summed E-state index contributed by atoms with van der Waals surface area (Å²) in [5.74, 6) is 0. The highest BCUT2D eigenvalue weighted by atomic mass is 16.2. The van der Waals surface area contributed by atoms with Gasteiger partial charge in [0.2, 0.25) is 0 Å². The number of carbonyl (C=O) groups is 1. The standard InChI is InChI=1S/C7H8N3O/c8-5-2-1-3-6(4-5)10-7(9)11/h1-2,4H,8H2,(H3,9,10,11). The molecule has 0 bridgehead atoms. The van der Waals surface area contributed by atoms with Crippen molar-refractivity contribution in [2.45, 2.75) is 0 Å². The topological polar surface area (TPSA) is 81.1 Å². The van der Waals surface area contributed by atoms with Gasteiger partial charge in [0.1, 0.15) is 0 Å². The molecule has 2 amide bonds. The highest BCUT2D eigenvalue weighted by Gasteiger charge is 1.94. The first-order valence-electron chi connectivity index (χ1n) is 3.02. The second-order valence-electron chi connectivity index (χ2n) is 2.02. The summed E-state index contributed by atoms with van der Waals surface area (Å²) in [6, 6.07) is 6.99. The molecule has 0 heterocycles. The number of hydrogen-bond donors (Lipinski definition) is 3. The number of rotatable bonds is 1.